The molecule has 0 unspecified atom stereocenters. The summed E-state index contributed by atoms with van der Waals surface area (Å²) in [5, 5.41) is 22.3. The minimum Gasteiger partial charge on any atom is -0.394 e. The Morgan fingerprint density at radius 2 is 1.97 bits per heavy atom. The van der Waals surface area contributed by atoms with Gasteiger partial charge in [0.2, 0.25) is 5.95 Å². The lowest BCUT2D eigenvalue weighted by Gasteiger charge is -2.29. The number of nitrogens with one attached hydrogen (secondary N) is 2. The van der Waals surface area contributed by atoms with Crippen LogP contribution in [0.2, 0.25) is 0 Å². The molecule has 3 aromatic heterocycles. The lowest BCUT2D eigenvalue weighted by Crippen LogP contribution is -2.37. The minimum atomic E-state index is -4.55. The zero-order valence-corrected chi connectivity index (χ0v) is 16.0. The van der Waals surface area contributed by atoms with Crippen LogP contribution >= 0.6 is 0 Å². The molecule has 7 nitrogen and oxygen atoms in total. The normalized spacial score (nSPS) is 13.3. The van der Waals surface area contributed by atoms with Gasteiger partial charge in [0.1, 0.15) is 11.7 Å². The fraction of sp³-hybridized carbons (Fsp3) is 0.368. The Kier molecular flexibility index (Phi) is 5.19. The van der Waals surface area contributed by atoms with Crippen molar-refractivity contribution >= 4 is 17.0 Å². The van der Waals surface area contributed by atoms with Crippen LogP contribution < -0.4 is 5.32 Å². The Hall–Kier alpha value is -3.19. The van der Waals surface area contributed by atoms with Crippen LogP contribution in [0.15, 0.2) is 24.7 Å². The van der Waals surface area contributed by atoms with Gasteiger partial charge in [0.05, 0.1) is 35.7 Å². The van der Waals surface area contributed by atoms with Crippen molar-refractivity contribution in [1.29, 1.82) is 5.26 Å². The Labute approximate surface area is 164 Å². The highest BCUT2D eigenvalue weighted by atomic mass is 19.4. The first kappa shape index (κ1) is 20.5. The molecule has 3 N–H and O–H groups in total. The van der Waals surface area contributed by atoms with Crippen molar-refractivity contribution in [3.63, 3.8) is 0 Å². The molecule has 0 fully saturated rings. The lowest BCUT2D eigenvalue weighted by atomic mass is 9.87. The van der Waals surface area contributed by atoms with Crippen molar-refractivity contribution < 1.29 is 18.3 Å². The predicted molar refractivity (Wildman–Crippen MR) is 101 cm³/mol. The summed E-state index contributed by atoms with van der Waals surface area (Å²) >= 11 is 0. The van der Waals surface area contributed by atoms with E-state index in [0.29, 0.717) is 5.56 Å². The monoisotopic (exact) mass is 404 g/mol. The Morgan fingerprint density at radius 1 is 1.24 bits per heavy atom. The number of pyridine rings is 1. The van der Waals surface area contributed by atoms with E-state index in [1.165, 1.54) is 12.4 Å². The van der Waals surface area contributed by atoms with Crippen molar-refractivity contribution in [2.24, 2.45) is 5.41 Å². The maximum absolute atomic E-state index is 13.1. The van der Waals surface area contributed by atoms with Crippen LogP contribution in [0.5, 0.6) is 0 Å². The number of hydrogen-bond donors (Lipinski definition) is 3. The summed E-state index contributed by atoms with van der Waals surface area (Å²) in [5.74, 6) is 0.155. The molecule has 0 aliphatic heterocycles. The largest absolute Gasteiger partial charge is 0.417 e. The van der Waals surface area contributed by atoms with E-state index >= 15 is 0 Å². The van der Waals surface area contributed by atoms with Crippen LogP contribution in [0.1, 0.15) is 31.9 Å². The zero-order valence-electron chi connectivity index (χ0n) is 16.0. The van der Waals surface area contributed by atoms with E-state index in [1.807, 2.05) is 26.8 Å². The standard InChI is InChI=1S/C19H19F3N6O/c1-18(2,3)14(9-29)27-17-26-6-10(5-23)15(28-17)13-8-25-16-12(13)4-11(7-24-16)19(20,21)22/h4,6-8,14,29H,9H2,1-3H3,(H,24,25)(H,26,27,28)/t14-/m1/s1. The highest BCUT2D eigenvalue weighted by molar-refractivity contribution is 5.94. The first-order valence-electron chi connectivity index (χ1n) is 8.74. The van der Waals surface area contributed by atoms with Gasteiger partial charge < -0.3 is 15.4 Å². The number of rotatable bonds is 4. The maximum atomic E-state index is 13.1. The number of anilines is 1. The highest BCUT2D eigenvalue weighted by Crippen LogP contribution is 2.35. The number of aliphatic hydroxyl groups excluding tert-OH is 1. The van der Waals surface area contributed by atoms with E-state index in [4.69, 9.17) is 0 Å². The maximum Gasteiger partial charge on any atom is 0.417 e. The van der Waals surface area contributed by atoms with Crippen molar-refractivity contribution in [2.75, 3.05) is 11.9 Å². The molecule has 0 saturated heterocycles. The quantitative estimate of drug-likeness (QED) is 0.611. The summed E-state index contributed by atoms with van der Waals surface area (Å²) in [7, 11) is 0. The molecule has 3 heterocycles. The van der Waals surface area contributed by atoms with Crippen molar-refractivity contribution in [1.82, 2.24) is 19.9 Å². The van der Waals surface area contributed by atoms with E-state index in [9.17, 15) is 23.5 Å². The first-order chi connectivity index (χ1) is 13.5. The average molecular weight is 404 g/mol. The summed E-state index contributed by atoms with van der Waals surface area (Å²) in [6.07, 6.45) is -1.05. The molecule has 1 atom stereocenters. The van der Waals surface area contributed by atoms with Gasteiger partial charge in [0.25, 0.3) is 0 Å². The fourth-order valence-corrected chi connectivity index (χ4v) is 2.78. The van der Waals surface area contributed by atoms with Gasteiger partial charge in [-0.15, -0.1) is 0 Å². The Bertz CT molecular complexity index is 1080. The number of fused-ring (bicyclic) bond motifs is 1. The van der Waals surface area contributed by atoms with Crippen LogP contribution in [0.4, 0.5) is 19.1 Å². The summed E-state index contributed by atoms with van der Waals surface area (Å²) in [4.78, 5) is 15.1. The number of hydrogen-bond acceptors (Lipinski definition) is 6. The molecular formula is C19H19F3N6O. The second kappa shape index (κ2) is 7.33. The van der Waals surface area contributed by atoms with Gasteiger partial charge in [0, 0.05) is 23.3 Å². The summed E-state index contributed by atoms with van der Waals surface area (Å²) in [5.41, 5.74) is -0.388. The second-order valence-electron chi connectivity index (χ2n) is 7.63. The average Bonchev–Trinajstić information content (AvgIpc) is 3.07. The third kappa shape index (κ3) is 4.14. The van der Waals surface area contributed by atoms with Crippen LogP contribution in [0.3, 0.4) is 0 Å². The molecule has 152 valence electrons. The van der Waals surface area contributed by atoms with Gasteiger partial charge in [-0.25, -0.2) is 15.0 Å². The number of H-pyrrole nitrogens is 1. The molecule has 3 aromatic rings. The van der Waals surface area contributed by atoms with Crippen LogP contribution in [-0.4, -0.2) is 37.7 Å². The number of alkyl halides is 3. The van der Waals surface area contributed by atoms with Gasteiger partial charge in [0.15, 0.2) is 0 Å². The number of aromatic amines is 1. The van der Waals surface area contributed by atoms with E-state index in [-0.39, 0.29) is 46.3 Å². The molecular weight excluding hydrogens is 385 g/mol. The third-order valence-corrected chi connectivity index (χ3v) is 4.55. The van der Waals surface area contributed by atoms with E-state index in [0.717, 1.165) is 12.3 Å². The first-order valence-corrected chi connectivity index (χ1v) is 8.74. The number of aliphatic hydroxyl groups is 1. The second-order valence-corrected chi connectivity index (χ2v) is 7.63. The highest BCUT2D eigenvalue weighted by Gasteiger charge is 2.32. The van der Waals surface area contributed by atoms with Gasteiger partial charge in [-0.05, 0) is 11.5 Å². The molecule has 0 aliphatic carbocycles. The van der Waals surface area contributed by atoms with Gasteiger partial charge in [-0.2, -0.15) is 18.4 Å². The molecule has 10 heteroatoms. The predicted octanol–water partition coefficient (Wildman–Crippen LogP) is 3.73. The van der Waals surface area contributed by atoms with Gasteiger partial charge in [-0.3, -0.25) is 0 Å². The van der Waals surface area contributed by atoms with E-state index in [2.05, 4.69) is 25.3 Å². The van der Waals surface area contributed by atoms with Crippen molar-refractivity contribution in [3.8, 4) is 17.3 Å². The van der Waals surface area contributed by atoms with Crippen LogP contribution in [0, 0.1) is 16.7 Å². The topological polar surface area (TPSA) is 111 Å². The molecule has 0 aliphatic rings. The number of nitrogens with zero attached hydrogens (tertiary/aromatic N) is 4. The molecule has 0 bridgehead atoms. The minimum absolute atomic E-state index is 0.102. The van der Waals surface area contributed by atoms with Crippen LogP contribution in [0.25, 0.3) is 22.3 Å². The summed E-state index contributed by atoms with van der Waals surface area (Å²) in [6, 6.07) is 2.56. The SMILES string of the molecule is CC(C)(C)[C@@H](CO)Nc1ncc(C#N)c(-c2c[nH]c3ncc(C(F)(F)F)cc23)n1. The Morgan fingerprint density at radius 3 is 2.55 bits per heavy atom. The third-order valence-electron chi connectivity index (χ3n) is 4.55. The fourth-order valence-electron chi connectivity index (χ4n) is 2.78. The number of halogens is 3. The smallest absolute Gasteiger partial charge is 0.394 e. The summed E-state index contributed by atoms with van der Waals surface area (Å²) in [6.45, 7) is 5.61. The zero-order chi connectivity index (χ0) is 21.4. The number of aromatic nitrogens is 4. The molecule has 0 amide bonds. The van der Waals surface area contributed by atoms with Crippen LogP contribution in [-0.2, 0) is 6.18 Å². The summed E-state index contributed by atoms with van der Waals surface area (Å²) < 4.78 is 39.3. The Balaban J connectivity index is 2.12. The molecule has 0 aromatic carbocycles. The van der Waals surface area contributed by atoms with E-state index in [1.54, 1.807) is 0 Å². The van der Waals surface area contributed by atoms with Crippen molar-refractivity contribution in [2.45, 2.75) is 33.0 Å². The van der Waals surface area contributed by atoms with Gasteiger partial charge >= 0.3 is 6.18 Å². The molecule has 3 rings (SSSR count). The lowest BCUT2D eigenvalue weighted by molar-refractivity contribution is -0.137. The number of nitriles is 1. The molecule has 0 spiro atoms. The van der Waals surface area contributed by atoms with Gasteiger partial charge in [-0.1, -0.05) is 20.8 Å². The molecule has 0 saturated carbocycles. The molecule has 29 heavy (non-hydrogen) atoms. The van der Waals surface area contributed by atoms with E-state index < -0.39 is 11.7 Å². The molecule has 0 radical (unpaired) electrons. The van der Waals surface area contributed by atoms with Crippen molar-refractivity contribution in [3.05, 3.63) is 35.8 Å².